The molecule has 1 aromatic carbocycles. The summed E-state index contributed by atoms with van der Waals surface area (Å²) in [6.45, 7) is 3.74. The average Bonchev–Trinajstić information content (AvgIpc) is 2.92. The molecule has 2 heterocycles. The molecule has 2 N–H and O–H groups in total. The summed E-state index contributed by atoms with van der Waals surface area (Å²) in [4.78, 5) is 13.6. The van der Waals surface area contributed by atoms with E-state index in [0.29, 0.717) is 25.1 Å². The molecule has 3 rings (SSSR count). The summed E-state index contributed by atoms with van der Waals surface area (Å²) < 4.78 is 44.2. The van der Waals surface area contributed by atoms with Gasteiger partial charge in [0.25, 0.3) is 0 Å². The maximum atomic E-state index is 12.8. The summed E-state index contributed by atoms with van der Waals surface area (Å²) in [7, 11) is 0. The zero-order chi connectivity index (χ0) is 18.6. The summed E-state index contributed by atoms with van der Waals surface area (Å²) in [5.41, 5.74) is -1.08. The fraction of sp³-hybridized carbons (Fsp3) is 0.588. The molecule has 25 heavy (non-hydrogen) atoms. The maximum Gasteiger partial charge on any atom is 0.418 e. The molecular formula is C17H20F3NO4. The van der Waals surface area contributed by atoms with Crippen molar-refractivity contribution in [3.05, 3.63) is 29.3 Å². The van der Waals surface area contributed by atoms with Gasteiger partial charge in [0.15, 0.2) is 6.10 Å². The number of fused-ring (bicyclic) bond motifs is 1. The van der Waals surface area contributed by atoms with E-state index in [4.69, 9.17) is 4.74 Å². The second kappa shape index (κ2) is 5.88. The fourth-order valence-corrected chi connectivity index (χ4v) is 3.45. The van der Waals surface area contributed by atoms with Gasteiger partial charge in [-0.2, -0.15) is 13.2 Å². The van der Waals surface area contributed by atoms with E-state index in [0.717, 1.165) is 6.07 Å². The highest BCUT2D eigenvalue weighted by Crippen LogP contribution is 2.45. The number of hydrogen-bond donors (Lipinski definition) is 2. The smallest absolute Gasteiger partial charge is 0.418 e. The average molecular weight is 359 g/mol. The Morgan fingerprint density at radius 3 is 2.60 bits per heavy atom. The van der Waals surface area contributed by atoms with Crippen molar-refractivity contribution in [1.29, 1.82) is 0 Å². The van der Waals surface area contributed by atoms with E-state index < -0.39 is 30.0 Å². The third kappa shape index (κ3) is 3.08. The molecule has 0 saturated carbocycles. The van der Waals surface area contributed by atoms with E-state index in [1.54, 1.807) is 13.8 Å². The summed E-state index contributed by atoms with van der Waals surface area (Å²) in [5, 5.41) is 20.2. The van der Waals surface area contributed by atoms with Crippen LogP contribution in [0.15, 0.2) is 18.2 Å². The fourth-order valence-electron chi connectivity index (χ4n) is 3.45. The lowest BCUT2D eigenvalue weighted by molar-refractivity contribution is -0.206. The molecule has 0 aliphatic carbocycles. The van der Waals surface area contributed by atoms with Crippen molar-refractivity contribution < 1.29 is 32.9 Å². The lowest BCUT2D eigenvalue weighted by Gasteiger charge is -2.45. The van der Waals surface area contributed by atoms with Gasteiger partial charge in [0.05, 0.1) is 6.04 Å². The van der Waals surface area contributed by atoms with Gasteiger partial charge in [-0.15, -0.1) is 0 Å². The zero-order valence-electron chi connectivity index (χ0n) is 13.9. The second-order valence-corrected chi connectivity index (χ2v) is 7.03. The number of likely N-dealkylation sites (tertiary alicyclic amines) is 1. The van der Waals surface area contributed by atoms with E-state index in [1.807, 2.05) is 0 Å². The summed E-state index contributed by atoms with van der Waals surface area (Å²) in [5.74, 6) is 0.146. The number of carbonyl (C=O) groups excluding carboxylic acids is 1. The van der Waals surface area contributed by atoms with Crippen LogP contribution in [0.3, 0.4) is 0 Å². The molecule has 2 aliphatic rings. The third-order valence-corrected chi connectivity index (χ3v) is 4.81. The van der Waals surface area contributed by atoms with Crippen molar-refractivity contribution in [3.8, 4) is 5.75 Å². The number of benzene rings is 1. The second-order valence-electron chi connectivity index (χ2n) is 7.03. The van der Waals surface area contributed by atoms with Crippen LogP contribution in [0, 0.1) is 0 Å². The number of ether oxygens (including phenoxy) is 1. The first-order chi connectivity index (χ1) is 11.5. The van der Waals surface area contributed by atoms with Gasteiger partial charge >= 0.3 is 6.18 Å². The van der Waals surface area contributed by atoms with Crippen LogP contribution in [0.2, 0.25) is 0 Å². The molecule has 1 amide bonds. The molecule has 1 aromatic rings. The Morgan fingerprint density at radius 2 is 2.04 bits per heavy atom. The molecule has 5 nitrogen and oxygen atoms in total. The number of hydrogen-bond acceptors (Lipinski definition) is 4. The number of carbonyl (C=O) groups is 1. The van der Waals surface area contributed by atoms with Gasteiger partial charge in [-0.05, 0) is 38.0 Å². The van der Waals surface area contributed by atoms with E-state index in [-0.39, 0.29) is 17.0 Å². The Hall–Kier alpha value is -1.80. The molecule has 1 fully saturated rings. The van der Waals surface area contributed by atoms with Gasteiger partial charge in [0, 0.05) is 18.5 Å². The maximum absolute atomic E-state index is 12.8. The first-order valence-electron chi connectivity index (χ1n) is 8.07. The summed E-state index contributed by atoms with van der Waals surface area (Å²) in [6, 6.07) is 2.85. The van der Waals surface area contributed by atoms with Crippen molar-refractivity contribution in [2.75, 3.05) is 6.54 Å². The van der Waals surface area contributed by atoms with Crippen LogP contribution in [-0.2, 0) is 4.79 Å². The van der Waals surface area contributed by atoms with Crippen molar-refractivity contribution in [2.24, 2.45) is 0 Å². The Morgan fingerprint density at radius 1 is 1.36 bits per heavy atom. The molecule has 1 unspecified atom stereocenters. The summed E-state index contributed by atoms with van der Waals surface area (Å²) in [6.07, 6.45) is -7.59. The van der Waals surface area contributed by atoms with E-state index in [2.05, 4.69) is 0 Å². The minimum atomic E-state index is -4.80. The van der Waals surface area contributed by atoms with Crippen LogP contribution in [0.5, 0.6) is 5.75 Å². The predicted molar refractivity (Wildman–Crippen MR) is 81.9 cm³/mol. The van der Waals surface area contributed by atoms with Crippen LogP contribution in [0.4, 0.5) is 13.2 Å². The molecular weight excluding hydrogens is 339 g/mol. The predicted octanol–water partition coefficient (Wildman–Crippen LogP) is 2.48. The molecule has 3 atom stereocenters. The summed E-state index contributed by atoms with van der Waals surface area (Å²) >= 11 is 0. The normalized spacial score (nSPS) is 27.0. The standard InChI is InChI=1S/C17H20F3NO4/c1-16(2)15(24)13(21-7-3-4-12(21)22)10-8-9(5-6-11(10)25-16)14(23)17(18,19)20/h5-6,8,13-15,23-24H,3-4,7H2,1-2H3/t13-,14?,15+/m0/s1. The van der Waals surface area contributed by atoms with Crippen molar-refractivity contribution >= 4 is 5.91 Å². The van der Waals surface area contributed by atoms with Crippen molar-refractivity contribution in [2.45, 2.75) is 56.7 Å². The Labute approximate surface area is 143 Å². The molecule has 1 saturated heterocycles. The SMILES string of the molecule is CC1(C)Oc2ccc(C(O)C(F)(F)F)cc2[C@H](N2CCCC2=O)[C@H]1O. The van der Waals surface area contributed by atoms with Crippen molar-refractivity contribution in [3.63, 3.8) is 0 Å². The molecule has 138 valence electrons. The Bertz CT molecular complexity index is 689. The minimum absolute atomic E-state index is 0.158. The molecule has 0 spiro atoms. The topological polar surface area (TPSA) is 70.0 Å². The monoisotopic (exact) mass is 359 g/mol. The number of alkyl halides is 3. The van der Waals surface area contributed by atoms with Crippen LogP contribution < -0.4 is 4.74 Å². The van der Waals surface area contributed by atoms with Gasteiger partial charge in [-0.1, -0.05) is 6.07 Å². The lowest BCUT2D eigenvalue weighted by Crippen LogP contribution is -2.53. The quantitative estimate of drug-likeness (QED) is 0.851. The number of aliphatic hydroxyl groups is 2. The van der Waals surface area contributed by atoms with Crippen molar-refractivity contribution in [1.82, 2.24) is 4.90 Å². The van der Waals surface area contributed by atoms with Crippen LogP contribution in [-0.4, -0.2) is 45.4 Å². The Balaban J connectivity index is 2.09. The van der Waals surface area contributed by atoms with E-state index >= 15 is 0 Å². The van der Waals surface area contributed by atoms with Gasteiger partial charge in [0.2, 0.25) is 5.91 Å². The first-order valence-corrected chi connectivity index (χ1v) is 8.07. The molecule has 0 bridgehead atoms. The zero-order valence-corrected chi connectivity index (χ0v) is 13.9. The Kier molecular flexibility index (Phi) is 4.23. The molecule has 0 aromatic heterocycles. The van der Waals surface area contributed by atoms with Crippen LogP contribution in [0.1, 0.15) is 50.0 Å². The number of nitrogens with zero attached hydrogens (tertiary/aromatic N) is 1. The van der Waals surface area contributed by atoms with Crippen LogP contribution in [0.25, 0.3) is 0 Å². The molecule has 2 aliphatic heterocycles. The third-order valence-electron chi connectivity index (χ3n) is 4.81. The number of aliphatic hydroxyl groups excluding tert-OH is 2. The number of amides is 1. The number of rotatable bonds is 2. The largest absolute Gasteiger partial charge is 0.485 e. The number of halogens is 3. The highest BCUT2D eigenvalue weighted by atomic mass is 19.4. The van der Waals surface area contributed by atoms with Gasteiger partial charge in [-0.25, -0.2) is 0 Å². The van der Waals surface area contributed by atoms with E-state index in [9.17, 15) is 28.2 Å². The lowest BCUT2D eigenvalue weighted by atomic mass is 9.84. The van der Waals surface area contributed by atoms with Gasteiger partial charge < -0.3 is 19.8 Å². The highest BCUT2D eigenvalue weighted by Gasteiger charge is 2.48. The van der Waals surface area contributed by atoms with Gasteiger partial charge in [-0.3, -0.25) is 4.79 Å². The van der Waals surface area contributed by atoms with E-state index in [1.165, 1.54) is 17.0 Å². The first kappa shape index (κ1) is 18.0. The molecule has 0 radical (unpaired) electrons. The van der Waals surface area contributed by atoms with Crippen LogP contribution >= 0.6 is 0 Å². The minimum Gasteiger partial charge on any atom is -0.485 e. The molecule has 8 heteroatoms. The van der Waals surface area contributed by atoms with Gasteiger partial charge in [0.1, 0.15) is 17.5 Å². The highest BCUT2D eigenvalue weighted by molar-refractivity contribution is 5.79.